The number of methoxy groups -OCH3 is 1. The fourth-order valence-corrected chi connectivity index (χ4v) is 1.89. The van der Waals surface area contributed by atoms with E-state index in [1.54, 1.807) is 11.6 Å². The molecule has 0 amide bonds. The van der Waals surface area contributed by atoms with Crippen LogP contribution in [-0.4, -0.2) is 11.7 Å². The van der Waals surface area contributed by atoms with E-state index < -0.39 is 17.2 Å². The number of hydrogen-bond donors (Lipinski definition) is 0. The summed E-state index contributed by atoms with van der Waals surface area (Å²) in [5.41, 5.74) is -0.859. The molecule has 0 saturated heterocycles. The minimum Gasteiger partial charge on any atom is -0.491 e. The van der Waals surface area contributed by atoms with E-state index in [0.717, 1.165) is 12.1 Å². The molecule has 0 atom stereocenters. The largest absolute Gasteiger partial charge is 0.491 e. The first-order valence-corrected chi connectivity index (χ1v) is 5.75. The molecule has 0 aliphatic rings. The first-order chi connectivity index (χ1) is 9.32. The van der Waals surface area contributed by atoms with Gasteiger partial charge in [0.05, 0.1) is 12.7 Å². The van der Waals surface area contributed by atoms with E-state index in [2.05, 4.69) is 0 Å². The van der Waals surface area contributed by atoms with Crippen molar-refractivity contribution in [1.82, 2.24) is 4.57 Å². The SMILES string of the molecule is COc1cn(C)cc(-c2cccc(C(F)(F)F)c2)c1=O. The molecule has 3 nitrogen and oxygen atoms in total. The van der Waals surface area contributed by atoms with Crippen LogP contribution in [0.25, 0.3) is 11.1 Å². The molecule has 0 aliphatic carbocycles. The van der Waals surface area contributed by atoms with Crippen LogP contribution >= 0.6 is 0 Å². The summed E-state index contributed by atoms with van der Waals surface area (Å²) in [5.74, 6) is 0.0856. The molecular formula is C14H12F3NO2. The number of hydrogen-bond acceptors (Lipinski definition) is 2. The lowest BCUT2D eigenvalue weighted by atomic mass is 10.0. The monoisotopic (exact) mass is 283 g/mol. The third-order valence-corrected chi connectivity index (χ3v) is 2.84. The lowest BCUT2D eigenvalue weighted by Crippen LogP contribution is -2.12. The van der Waals surface area contributed by atoms with Gasteiger partial charge in [0.2, 0.25) is 5.43 Å². The predicted molar refractivity (Wildman–Crippen MR) is 68.7 cm³/mol. The second-order valence-corrected chi connectivity index (χ2v) is 4.31. The molecule has 20 heavy (non-hydrogen) atoms. The van der Waals surface area contributed by atoms with Crippen LogP contribution in [0.4, 0.5) is 13.2 Å². The van der Waals surface area contributed by atoms with Gasteiger partial charge in [0, 0.05) is 25.0 Å². The normalized spacial score (nSPS) is 11.4. The van der Waals surface area contributed by atoms with Crippen LogP contribution in [0.3, 0.4) is 0 Å². The highest BCUT2D eigenvalue weighted by molar-refractivity contribution is 5.64. The Morgan fingerprint density at radius 1 is 1.20 bits per heavy atom. The third kappa shape index (κ3) is 2.68. The van der Waals surface area contributed by atoms with Crippen molar-refractivity contribution in [2.24, 2.45) is 7.05 Å². The highest BCUT2D eigenvalue weighted by Gasteiger charge is 2.30. The van der Waals surface area contributed by atoms with E-state index in [9.17, 15) is 18.0 Å². The van der Waals surface area contributed by atoms with Crippen LogP contribution in [-0.2, 0) is 13.2 Å². The van der Waals surface area contributed by atoms with Gasteiger partial charge in [0.25, 0.3) is 0 Å². The van der Waals surface area contributed by atoms with Crippen LogP contribution in [0.15, 0.2) is 41.5 Å². The van der Waals surface area contributed by atoms with E-state index in [4.69, 9.17) is 4.74 Å². The smallest absolute Gasteiger partial charge is 0.416 e. The molecule has 0 radical (unpaired) electrons. The molecule has 1 heterocycles. The fourth-order valence-electron chi connectivity index (χ4n) is 1.89. The zero-order chi connectivity index (χ0) is 14.9. The van der Waals surface area contributed by atoms with Gasteiger partial charge in [0.15, 0.2) is 5.75 Å². The molecule has 1 aromatic heterocycles. The third-order valence-electron chi connectivity index (χ3n) is 2.84. The number of halogens is 3. The van der Waals surface area contributed by atoms with Gasteiger partial charge in [-0.2, -0.15) is 13.2 Å². The average Bonchev–Trinajstić information content (AvgIpc) is 2.40. The minimum absolute atomic E-state index is 0.0856. The highest BCUT2D eigenvalue weighted by Crippen LogP contribution is 2.31. The Bertz CT molecular complexity index is 690. The van der Waals surface area contributed by atoms with E-state index in [-0.39, 0.29) is 16.9 Å². The van der Waals surface area contributed by atoms with Crippen molar-refractivity contribution in [2.75, 3.05) is 7.11 Å². The number of ether oxygens (including phenoxy) is 1. The maximum Gasteiger partial charge on any atom is 0.416 e. The van der Waals surface area contributed by atoms with Gasteiger partial charge < -0.3 is 9.30 Å². The zero-order valence-electron chi connectivity index (χ0n) is 10.9. The number of pyridine rings is 1. The van der Waals surface area contributed by atoms with Gasteiger partial charge in [-0.15, -0.1) is 0 Å². The van der Waals surface area contributed by atoms with Crippen molar-refractivity contribution < 1.29 is 17.9 Å². The summed E-state index contributed by atoms with van der Waals surface area (Å²) in [7, 11) is 3.01. The second-order valence-electron chi connectivity index (χ2n) is 4.31. The lowest BCUT2D eigenvalue weighted by Gasteiger charge is -2.10. The summed E-state index contributed by atoms with van der Waals surface area (Å²) in [6.45, 7) is 0. The summed E-state index contributed by atoms with van der Waals surface area (Å²) in [4.78, 5) is 12.1. The van der Waals surface area contributed by atoms with Crippen molar-refractivity contribution in [1.29, 1.82) is 0 Å². The number of alkyl halides is 3. The number of aromatic nitrogens is 1. The summed E-state index contributed by atoms with van der Waals surface area (Å²) >= 11 is 0. The van der Waals surface area contributed by atoms with Crippen LogP contribution in [0.2, 0.25) is 0 Å². The Morgan fingerprint density at radius 2 is 1.90 bits per heavy atom. The van der Waals surface area contributed by atoms with Crippen LogP contribution in [0, 0.1) is 0 Å². The lowest BCUT2D eigenvalue weighted by molar-refractivity contribution is -0.137. The molecule has 0 N–H and O–H groups in total. The van der Waals surface area contributed by atoms with Gasteiger partial charge in [-0.25, -0.2) is 0 Å². The maximum absolute atomic E-state index is 12.7. The van der Waals surface area contributed by atoms with Gasteiger partial charge >= 0.3 is 6.18 Å². The molecule has 106 valence electrons. The molecule has 0 fully saturated rings. The Labute approximate surface area is 113 Å². The average molecular weight is 283 g/mol. The summed E-state index contributed by atoms with van der Waals surface area (Å²) in [6, 6.07) is 4.66. The molecule has 2 aromatic rings. The highest BCUT2D eigenvalue weighted by atomic mass is 19.4. The summed E-state index contributed by atoms with van der Waals surface area (Å²) in [6.07, 6.45) is -1.50. The maximum atomic E-state index is 12.7. The Hall–Kier alpha value is -2.24. The quantitative estimate of drug-likeness (QED) is 0.848. The van der Waals surface area contributed by atoms with Crippen molar-refractivity contribution in [3.8, 4) is 16.9 Å². The molecule has 1 aromatic carbocycles. The van der Waals surface area contributed by atoms with E-state index in [1.165, 1.54) is 31.6 Å². The Kier molecular flexibility index (Phi) is 3.57. The molecule has 0 saturated carbocycles. The van der Waals surface area contributed by atoms with Crippen molar-refractivity contribution in [3.63, 3.8) is 0 Å². The zero-order valence-corrected chi connectivity index (χ0v) is 10.9. The van der Waals surface area contributed by atoms with E-state index in [1.807, 2.05) is 0 Å². The van der Waals surface area contributed by atoms with Gasteiger partial charge in [0.1, 0.15) is 0 Å². The molecular weight excluding hydrogens is 271 g/mol. The number of benzene rings is 1. The van der Waals surface area contributed by atoms with E-state index >= 15 is 0 Å². The van der Waals surface area contributed by atoms with Crippen molar-refractivity contribution in [3.05, 3.63) is 52.4 Å². The number of aryl methyl sites for hydroxylation is 1. The number of nitrogens with zero attached hydrogens (tertiary/aromatic N) is 1. The molecule has 6 heteroatoms. The molecule has 0 bridgehead atoms. The van der Waals surface area contributed by atoms with Gasteiger partial charge in [-0.1, -0.05) is 12.1 Å². The summed E-state index contributed by atoms with van der Waals surface area (Å²) < 4.78 is 44.6. The Morgan fingerprint density at radius 3 is 2.50 bits per heavy atom. The Balaban J connectivity index is 2.63. The predicted octanol–water partition coefficient (Wildman–Crippen LogP) is 3.08. The molecule has 2 rings (SSSR count). The minimum atomic E-state index is -4.44. The van der Waals surface area contributed by atoms with E-state index in [0.29, 0.717) is 0 Å². The molecule has 0 spiro atoms. The topological polar surface area (TPSA) is 31.2 Å². The van der Waals surface area contributed by atoms with Crippen LogP contribution < -0.4 is 10.2 Å². The first kappa shape index (κ1) is 14.2. The van der Waals surface area contributed by atoms with Gasteiger partial charge in [-0.3, -0.25) is 4.79 Å². The number of rotatable bonds is 2. The first-order valence-electron chi connectivity index (χ1n) is 5.75. The fraction of sp³-hybridized carbons (Fsp3) is 0.214. The van der Waals surface area contributed by atoms with Crippen LogP contribution in [0.5, 0.6) is 5.75 Å². The molecule has 0 aliphatic heterocycles. The molecule has 0 unspecified atom stereocenters. The van der Waals surface area contributed by atoms with Crippen molar-refractivity contribution >= 4 is 0 Å². The van der Waals surface area contributed by atoms with Crippen molar-refractivity contribution in [2.45, 2.75) is 6.18 Å². The standard InChI is InChI=1S/C14H12F3NO2/c1-18-7-11(13(19)12(8-18)20-2)9-4-3-5-10(6-9)14(15,16)17/h3-8H,1-2H3. The second kappa shape index (κ2) is 5.03. The van der Waals surface area contributed by atoms with Crippen LogP contribution in [0.1, 0.15) is 5.56 Å². The van der Waals surface area contributed by atoms with Gasteiger partial charge in [-0.05, 0) is 17.7 Å². The summed E-state index contributed by atoms with van der Waals surface area (Å²) in [5, 5.41) is 0.